The molecule has 4 rings (SSSR count). The second kappa shape index (κ2) is 9.63. The number of rotatable bonds is 4. The van der Waals surface area contributed by atoms with Crippen LogP contribution in [0.5, 0.6) is 0 Å². The van der Waals surface area contributed by atoms with Crippen LogP contribution in [0.25, 0.3) is 0 Å². The van der Waals surface area contributed by atoms with Crippen molar-refractivity contribution in [2.75, 3.05) is 0 Å². The molecule has 2 aromatic rings. The van der Waals surface area contributed by atoms with Crippen molar-refractivity contribution in [1.29, 1.82) is 0 Å². The molecule has 1 saturated carbocycles. The normalized spacial score (nSPS) is 25.1. The van der Waals surface area contributed by atoms with Crippen molar-refractivity contribution in [2.24, 2.45) is 11.8 Å². The molecule has 3 amide bonds. The summed E-state index contributed by atoms with van der Waals surface area (Å²) >= 11 is 25.8. The van der Waals surface area contributed by atoms with Gasteiger partial charge in [0.1, 0.15) is 0 Å². The van der Waals surface area contributed by atoms with E-state index in [0.717, 1.165) is 10.0 Å². The lowest BCUT2D eigenvalue weighted by molar-refractivity contribution is -0.155. The third kappa shape index (κ3) is 4.47. The van der Waals surface area contributed by atoms with Gasteiger partial charge in [0.05, 0.1) is 29.0 Å². The minimum Gasteiger partial charge on any atom is -0.272 e. The number of hydrazine groups is 1. The Morgan fingerprint density at radius 3 is 2.09 bits per heavy atom. The number of nitrogens with zero attached hydrogens (tertiary/aromatic N) is 2. The molecule has 1 saturated heterocycles. The molecular formula is C22H17Br2Cl3N2O3. The molecular weight excluding hydrogens is 606 g/mol. The zero-order chi connectivity index (χ0) is 23.2. The van der Waals surface area contributed by atoms with Crippen molar-refractivity contribution >= 4 is 84.4 Å². The minimum absolute atomic E-state index is 0.0545. The summed E-state index contributed by atoms with van der Waals surface area (Å²) in [6, 6.07) is 11.4. The number of carbonyl (C=O) groups excluding carboxylic acids is 3. The van der Waals surface area contributed by atoms with Crippen molar-refractivity contribution < 1.29 is 14.4 Å². The van der Waals surface area contributed by atoms with Gasteiger partial charge in [-0.1, -0.05) is 84.9 Å². The first-order chi connectivity index (χ1) is 15.2. The van der Waals surface area contributed by atoms with Crippen LogP contribution in [0.2, 0.25) is 15.1 Å². The Balaban J connectivity index is 1.75. The van der Waals surface area contributed by atoms with Gasteiger partial charge in [-0.05, 0) is 42.7 Å². The van der Waals surface area contributed by atoms with Crippen LogP contribution in [0.1, 0.15) is 28.8 Å². The third-order valence-corrected chi connectivity index (χ3v) is 9.45. The monoisotopic (exact) mass is 620 g/mol. The zero-order valence-corrected chi connectivity index (χ0v) is 21.9. The van der Waals surface area contributed by atoms with Crippen LogP contribution in [0.4, 0.5) is 0 Å². The molecule has 0 aromatic heterocycles. The molecule has 32 heavy (non-hydrogen) atoms. The van der Waals surface area contributed by atoms with E-state index >= 15 is 0 Å². The van der Waals surface area contributed by atoms with Gasteiger partial charge in [0, 0.05) is 19.7 Å². The predicted octanol–water partition coefficient (Wildman–Crippen LogP) is 6.13. The van der Waals surface area contributed by atoms with E-state index in [2.05, 4.69) is 31.9 Å². The maximum Gasteiger partial charge on any atom is 0.274 e. The smallest absolute Gasteiger partial charge is 0.272 e. The van der Waals surface area contributed by atoms with Crippen molar-refractivity contribution in [3.8, 4) is 0 Å². The van der Waals surface area contributed by atoms with Gasteiger partial charge in [0.2, 0.25) is 0 Å². The molecule has 5 nitrogen and oxygen atoms in total. The van der Waals surface area contributed by atoms with Gasteiger partial charge in [0.15, 0.2) is 0 Å². The Bertz CT molecular complexity index is 1070. The van der Waals surface area contributed by atoms with E-state index in [1.165, 1.54) is 0 Å². The molecule has 0 radical (unpaired) electrons. The average Bonchev–Trinajstić information content (AvgIpc) is 2.98. The number of fused-ring (bicyclic) bond motifs is 1. The van der Waals surface area contributed by atoms with Crippen molar-refractivity contribution in [3.05, 3.63) is 68.7 Å². The molecule has 10 heteroatoms. The topological polar surface area (TPSA) is 57.7 Å². The van der Waals surface area contributed by atoms with E-state index < -0.39 is 29.6 Å². The number of alkyl halides is 2. The van der Waals surface area contributed by atoms with Gasteiger partial charge >= 0.3 is 0 Å². The fraction of sp³-hybridized carbons (Fsp3) is 0.318. The van der Waals surface area contributed by atoms with Gasteiger partial charge in [-0.15, -0.1) is 0 Å². The van der Waals surface area contributed by atoms with Gasteiger partial charge in [0.25, 0.3) is 17.7 Å². The summed E-state index contributed by atoms with van der Waals surface area (Å²) in [7, 11) is 0. The van der Waals surface area contributed by atoms with Gasteiger partial charge < -0.3 is 0 Å². The summed E-state index contributed by atoms with van der Waals surface area (Å²) in [4.78, 5) is 40.4. The van der Waals surface area contributed by atoms with Crippen LogP contribution in [-0.4, -0.2) is 37.4 Å². The number of amides is 3. The second-order valence-corrected chi connectivity index (χ2v) is 11.4. The lowest BCUT2D eigenvalue weighted by Gasteiger charge is -2.31. The summed E-state index contributed by atoms with van der Waals surface area (Å²) < 4.78 is 0. The van der Waals surface area contributed by atoms with Gasteiger partial charge in [-0.3, -0.25) is 14.4 Å². The minimum atomic E-state index is -0.562. The molecule has 2 aliphatic rings. The molecule has 2 aromatic carbocycles. The molecule has 0 unspecified atom stereocenters. The van der Waals surface area contributed by atoms with E-state index in [4.69, 9.17) is 34.8 Å². The number of imide groups is 1. The number of halogens is 5. The predicted molar refractivity (Wildman–Crippen MR) is 131 cm³/mol. The van der Waals surface area contributed by atoms with Gasteiger partial charge in [-0.2, -0.15) is 5.01 Å². The van der Waals surface area contributed by atoms with E-state index in [1.807, 2.05) is 0 Å². The zero-order valence-electron chi connectivity index (χ0n) is 16.5. The number of benzene rings is 2. The molecule has 0 N–H and O–H groups in total. The van der Waals surface area contributed by atoms with Crippen LogP contribution < -0.4 is 0 Å². The van der Waals surface area contributed by atoms with E-state index in [1.54, 1.807) is 42.5 Å². The molecule has 1 aliphatic carbocycles. The van der Waals surface area contributed by atoms with Crippen molar-refractivity contribution in [1.82, 2.24) is 10.0 Å². The molecule has 4 atom stereocenters. The first-order valence-electron chi connectivity index (χ1n) is 9.85. The fourth-order valence-electron chi connectivity index (χ4n) is 4.13. The summed E-state index contributed by atoms with van der Waals surface area (Å²) in [5.41, 5.74) is 0.732. The quantitative estimate of drug-likeness (QED) is 0.305. The largest absolute Gasteiger partial charge is 0.274 e. The summed E-state index contributed by atoms with van der Waals surface area (Å²) in [6.45, 7) is -0.0908. The molecule has 0 bridgehead atoms. The Morgan fingerprint density at radius 1 is 0.938 bits per heavy atom. The van der Waals surface area contributed by atoms with Gasteiger partial charge in [-0.25, -0.2) is 5.01 Å². The maximum atomic E-state index is 13.6. The molecule has 1 heterocycles. The Morgan fingerprint density at radius 2 is 1.53 bits per heavy atom. The van der Waals surface area contributed by atoms with Crippen LogP contribution in [0.3, 0.4) is 0 Å². The highest BCUT2D eigenvalue weighted by Gasteiger charge is 2.54. The van der Waals surface area contributed by atoms with E-state index in [0.29, 0.717) is 28.5 Å². The lowest BCUT2D eigenvalue weighted by Crippen LogP contribution is -2.50. The summed E-state index contributed by atoms with van der Waals surface area (Å²) in [5, 5.41) is 3.12. The first kappa shape index (κ1) is 24.0. The first-order valence-corrected chi connectivity index (χ1v) is 12.8. The number of hydrogen-bond acceptors (Lipinski definition) is 3. The van der Waals surface area contributed by atoms with Crippen molar-refractivity contribution in [2.45, 2.75) is 29.0 Å². The molecule has 0 spiro atoms. The van der Waals surface area contributed by atoms with Crippen LogP contribution in [0, 0.1) is 11.8 Å². The SMILES string of the molecule is O=C(c1ccccc1Cl)N(Cc1ccc(Cl)cc1Cl)N1C(=O)[C@@H]2C[C@@H](Br)[C@@H](Br)C[C@H]2C1=O. The number of hydrogen-bond donors (Lipinski definition) is 0. The highest BCUT2D eigenvalue weighted by Crippen LogP contribution is 2.44. The van der Waals surface area contributed by atoms with Crippen LogP contribution in [-0.2, 0) is 16.1 Å². The highest BCUT2D eigenvalue weighted by atomic mass is 79.9. The summed E-state index contributed by atoms with van der Waals surface area (Å²) in [6.07, 6.45) is 0.995. The molecule has 168 valence electrons. The second-order valence-electron chi connectivity index (χ2n) is 7.78. The molecule has 2 fully saturated rings. The Hall–Kier alpha value is -1.12. The molecule has 1 aliphatic heterocycles. The van der Waals surface area contributed by atoms with Crippen molar-refractivity contribution in [3.63, 3.8) is 0 Å². The average molecular weight is 624 g/mol. The Labute approximate surface area is 217 Å². The Kier molecular flexibility index (Phi) is 7.23. The van der Waals surface area contributed by atoms with E-state index in [9.17, 15) is 14.4 Å². The maximum absolute atomic E-state index is 13.6. The van der Waals surface area contributed by atoms with Crippen LogP contribution in [0.15, 0.2) is 42.5 Å². The highest BCUT2D eigenvalue weighted by molar-refractivity contribution is 9.12. The number of carbonyl (C=O) groups is 3. The summed E-state index contributed by atoms with van der Waals surface area (Å²) in [5.74, 6) is -2.35. The third-order valence-electron chi connectivity index (χ3n) is 5.80. The van der Waals surface area contributed by atoms with E-state index in [-0.39, 0.29) is 26.8 Å². The lowest BCUT2D eigenvalue weighted by atomic mass is 9.81. The fourth-order valence-corrected chi connectivity index (χ4v) is 6.06. The standard InChI is InChI=1S/C22H17Br2Cl3N2O3/c23-16-8-14-15(9-17(16)24)22(32)29(21(14)31)28(10-11-5-6-12(25)7-19(11)27)20(30)13-3-1-2-4-18(13)26/h1-7,14-17H,8-10H2/t14-,15-,16-,17+/m1/s1. The van der Waals surface area contributed by atoms with Crippen LogP contribution >= 0.6 is 66.7 Å².